The monoisotopic (exact) mass is 784 g/mol. The Hall–Kier alpha value is -5.16. The Bertz CT molecular complexity index is 2240. The van der Waals surface area contributed by atoms with Crippen molar-refractivity contribution in [3.05, 3.63) is 95.3 Å². The predicted molar refractivity (Wildman–Crippen MR) is 222 cm³/mol. The number of carbonyl (C=O) groups excluding carboxylic acids is 1. The van der Waals surface area contributed by atoms with E-state index in [1.165, 1.54) is 40.2 Å². The predicted octanol–water partition coefficient (Wildman–Crippen LogP) is 8.85. The molecule has 0 bridgehead atoms. The standard InChI is InChI=1S/C47H56N6O5/c1-29(2)36-25-37(42(55)26-41(36)54)43-49-50-44(56)53(43)33-10-7-30(8-11-33)28-51-20-22-52(23-21-51)45(57)58-34-15-17-46(3)32(24-34)9-12-35-39-14-13-38(31-6-5-19-48-27-31)47(39,4)18-16-40(35)46/h5-11,13,19,25-27,29,34-35,39-40,54-55H,12,14-18,20-24,28H2,1-4H3,(H,50,56)/t34-,35-,39-,40-,46-,47+/m0/s1. The average Bonchev–Trinajstić information content (AvgIpc) is 3.78. The number of aromatic hydroxyl groups is 3. The van der Waals surface area contributed by atoms with E-state index >= 15 is 0 Å². The van der Waals surface area contributed by atoms with Crippen LogP contribution in [-0.4, -0.2) is 83.2 Å². The minimum atomic E-state index is -0.301. The van der Waals surface area contributed by atoms with Crippen molar-refractivity contribution in [1.82, 2.24) is 29.5 Å². The zero-order chi connectivity index (χ0) is 40.3. The van der Waals surface area contributed by atoms with Gasteiger partial charge in [0.1, 0.15) is 17.6 Å². The topological polar surface area (TPSA) is 137 Å². The Labute approximate surface area is 341 Å². The number of rotatable bonds is 7. The summed E-state index contributed by atoms with van der Waals surface area (Å²) in [6.45, 7) is 12.4. The molecule has 58 heavy (non-hydrogen) atoms. The molecule has 2 aromatic heterocycles. The van der Waals surface area contributed by atoms with Gasteiger partial charge in [-0.1, -0.05) is 68.7 Å². The molecule has 4 aromatic rings. The van der Waals surface area contributed by atoms with Gasteiger partial charge in [-0.2, -0.15) is 0 Å². The van der Waals surface area contributed by atoms with Crippen LogP contribution in [0.5, 0.6) is 17.5 Å². The normalized spacial score (nSPS) is 28.3. The van der Waals surface area contributed by atoms with Crippen molar-refractivity contribution >= 4 is 11.7 Å². The van der Waals surface area contributed by atoms with Crippen molar-refractivity contribution in [1.29, 1.82) is 0 Å². The third-order valence-corrected chi connectivity index (χ3v) is 14.8. The number of amides is 1. The van der Waals surface area contributed by atoms with Crippen molar-refractivity contribution < 1.29 is 24.9 Å². The molecule has 0 spiro atoms. The van der Waals surface area contributed by atoms with Crippen molar-refractivity contribution in [3.8, 4) is 34.6 Å². The average molecular weight is 785 g/mol. The Morgan fingerprint density at radius 2 is 1.67 bits per heavy atom. The fourth-order valence-corrected chi connectivity index (χ4v) is 11.5. The van der Waals surface area contributed by atoms with Gasteiger partial charge in [0.25, 0.3) is 0 Å². The largest absolute Gasteiger partial charge is 0.508 e. The van der Waals surface area contributed by atoms with Crippen LogP contribution in [0.3, 0.4) is 0 Å². The van der Waals surface area contributed by atoms with Crippen LogP contribution in [0.25, 0.3) is 22.6 Å². The van der Waals surface area contributed by atoms with Crippen LogP contribution < -0.4 is 0 Å². The summed E-state index contributed by atoms with van der Waals surface area (Å²) in [5, 5.41) is 39.7. The fourth-order valence-electron chi connectivity index (χ4n) is 11.5. The van der Waals surface area contributed by atoms with Gasteiger partial charge in [-0.15, -0.1) is 5.10 Å². The number of piperazine rings is 1. The Morgan fingerprint density at radius 1 is 0.897 bits per heavy atom. The van der Waals surface area contributed by atoms with Gasteiger partial charge in [0.2, 0.25) is 0 Å². The lowest BCUT2D eigenvalue weighted by atomic mass is 9.47. The molecular weight excluding hydrogens is 729 g/mol. The summed E-state index contributed by atoms with van der Waals surface area (Å²) in [6.07, 6.45) is 16.3. The second kappa shape index (κ2) is 14.9. The fraction of sp³-hybridized carbons (Fsp3) is 0.489. The van der Waals surface area contributed by atoms with Gasteiger partial charge in [-0.05, 0) is 120 Å². The van der Waals surface area contributed by atoms with E-state index < -0.39 is 0 Å². The van der Waals surface area contributed by atoms with Crippen LogP contribution >= 0.6 is 0 Å². The van der Waals surface area contributed by atoms with Gasteiger partial charge in [0.05, 0.1) is 11.3 Å². The van der Waals surface area contributed by atoms with Crippen LogP contribution in [0.2, 0.25) is 0 Å². The molecular formula is C47H56N6O5. The third kappa shape index (κ3) is 6.65. The molecule has 11 nitrogen and oxygen atoms in total. The zero-order valence-electron chi connectivity index (χ0n) is 34.1. The van der Waals surface area contributed by atoms with E-state index in [-0.39, 0.29) is 52.3 Å². The first-order valence-electron chi connectivity index (χ1n) is 21.2. The lowest BCUT2D eigenvalue weighted by Gasteiger charge is -2.58. The minimum Gasteiger partial charge on any atom is -0.508 e. The molecule has 0 radical (unpaired) electrons. The van der Waals surface area contributed by atoms with Gasteiger partial charge >= 0.3 is 12.1 Å². The second-order valence-corrected chi connectivity index (χ2v) is 18.2. The van der Waals surface area contributed by atoms with Crippen LogP contribution in [-0.2, 0) is 11.3 Å². The van der Waals surface area contributed by atoms with Crippen molar-refractivity contribution in [3.63, 3.8) is 0 Å². The third-order valence-electron chi connectivity index (χ3n) is 14.8. The van der Waals surface area contributed by atoms with Crippen LogP contribution in [0.1, 0.15) is 95.2 Å². The molecule has 6 atom stereocenters. The highest BCUT2D eigenvalue weighted by Crippen LogP contribution is 2.66. The van der Waals surface area contributed by atoms with Gasteiger partial charge in [-0.25, -0.2) is 9.36 Å². The van der Waals surface area contributed by atoms with Crippen molar-refractivity contribution in [2.75, 3.05) is 26.2 Å². The molecule has 3 N–H and O–H groups in total. The maximum Gasteiger partial charge on any atom is 0.410 e. The Morgan fingerprint density at radius 3 is 2.41 bits per heavy atom. The minimum absolute atomic E-state index is 0.00555. The number of fused-ring (bicyclic) bond motifs is 5. The number of hydrogen-bond acceptors (Lipinski definition) is 9. The molecule has 11 heteroatoms. The maximum atomic E-state index is 13.5. The summed E-state index contributed by atoms with van der Waals surface area (Å²) >= 11 is 0. The number of pyridine rings is 1. The smallest absolute Gasteiger partial charge is 0.410 e. The molecule has 0 unspecified atom stereocenters. The summed E-state index contributed by atoms with van der Waals surface area (Å²) in [7, 11) is 0. The van der Waals surface area contributed by atoms with Crippen molar-refractivity contribution in [2.24, 2.45) is 28.6 Å². The number of benzene rings is 2. The lowest BCUT2D eigenvalue weighted by Crippen LogP contribution is -2.51. The number of phenolic OH excluding ortho intramolecular Hbond substituents is 2. The number of aromatic nitrogens is 4. The highest BCUT2D eigenvalue weighted by atomic mass is 16.6. The number of ether oxygens (including phenoxy) is 1. The highest BCUT2D eigenvalue weighted by Gasteiger charge is 2.57. The number of phenols is 2. The van der Waals surface area contributed by atoms with E-state index in [0.29, 0.717) is 47.7 Å². The lowest BCUT2D eigenvalue weighted by molar-refractivity contribution is -0.0307. The van der Waals surface area contributed by atoms with Gasteiger partial charge < -0.3 is 25.0 Å². The summed E-state index contributed by atoms with van der Waals surface area (Å²) < 4.78 is 7.73. The molecule has 1 amide bonds. The molecule has 1 saturated heterocycles. The molecule has 9 rings (SSSR count). The van der Waals surface area contributed by atoms with Crippen LogP contribution in [0.15, 0.2) is 78.6 Å². The number of allylic oxidation sites excluding steroid dienone is 3. The first kappa shape index (κ1) is 38.4. The second-order valence-electron chi connectivity index (χ2n) is 18.2. The SMILES string of the molecule is CC(C)c1cc(-c2nnc(O)n2-c2ccc(CN3CCN(C(=O)O[C@H]4CC[C@@]5(C)C(=CC[C@@H]6[C@@H]5CC[C@]5(C)C(c7cccnc7)=CC[C@@H]65)C4)CC3)cc2)c(O)cc1O. The van der Waals surface area contributed by atoms with E-state index in [4.69, 9.17) is 4.74 Å². The number of nitrogens with zero attached hydrogens (tertiary/aromatic N) is 6. The summed E-state index contributed by atoms with van der Waals surface area (Å²) in [5.74, 6) is 2.17. The first-order chi connectivity index (χ1) is 27.9. The molecule has 3 heterocycles. The van der Waals surface area contributed by atoms with Crippen molar-refractivity contribution in [2.45, 2.75) is 91.2 Å². The van der Waals surface area contributed by atoms with E-state index in [0.717, 1.165) is 57.3 Å². The maximum absolute atomic E-state index is 13.5. The van der Waals surface area contributed by atoms with Gasteiger partial charge in [-0.3, -0.25) is 9.88 Å². The van der Waals surface area contributed by atoms with E-state index in [1.807, 2.05) is 55.4 Å². The van der Waals surface area contributed by atoms with Crippen LogP contribution in [0.4, 0.5) is 4.79 Å². The molecule has 1 aliphatic heterocycles. The summed E-state index contributed by atoms with van der Waals surface area (Å²) in [6, 6.07) is 14.8. The molecule has 2 aromatic carbocycles. The molecule has 4 aliphatic carbocycles. The molecule has 5 aliphatic rings. The molecule has 3 fully saturated rings. The quantitative estimate of drug-likeness (QED) is 0.157. The number of hydrogen-bond donors (Lipinski definition) is 3. The zero-order valence-corrected chi connectivity index (χ0v) is 34.1. The van der Waals surface area contributed by atoms with E-state index in [2.05, 4.69) is 58.2 Å². The number of carbonyl (C=O) groups is 1. The van der Waals surface area contributed by atoms with Gasteiger partial charge in [0, 0.05) is 57.6 Å². The first-order valence-corrected chi connectivity index (χ1v) is 21.2. The highest BCUT2D eigenvalue weighted by molar-refractivity contribution is 5.73. The van der Waals surface area contributed by atoms with Gasteiger partial charge in [0.15, 0.2) is 5.82 Å². The molecule has 304 valence electrons. The Balaban J connectivity index is 0.784. The van der Waals surface area contributed by atoms with Crippen LogP contribution in [0, 0.1) is 28.6 Å². The summed E-state index contributed by atoms with van der Waals surface area (Å²) in [5.41, 5.74) is 7.47. The van der Waals surface area contributed by atoms with E-state index in [9.17, 15) is 20.1 Å². The Kier molecular flexibility index (Phi) is 9.85. The summed E-state index contributed by atoms with van der Waals surface area (Å²) in [4.78, 5) is 22.1. The molecule has 2 saturated carbocycles. The van der Waals surface area contributed by atoms with E-state index in [1.54, 1.807) is 6.07 Å².